The first-order valence-electron chi connectivity index (χ1n) is 16.7. The van der Waals surface area contributed by atoms with Crippen LogP contribution in [-0.2, 0) is 16.0 Å². The molecule has 252 valence electrons. The molecule has 8 nitrogen and oxygen atoms in total. The van der Waals surface area contributed by atoms with Gasteiger partial charge in [0.05, 0.1) is 25.7 Å². The SMILES string of the molecule is CCC(C)Oc1cc2c(cc1OC)CC(=O)N(c1ccc(C(C)NC3CCN(C(=O)OC(C)(C)C)CC3)cc1)C2c1ccc(Cl)cc1. The minimum absolute atomic E-state index is 0.00534. The molecule has 1 fully saturated rings. The molecule has 3 unspecified atom stereocenters. The van der Waals surface area contributed by atoms with Crippen LogP contribution in [0.15, 0.2) is 60.7 Å². The second-order valence-electron chi connectivity index (χ2n) is 13.7. The number of rotatable bonds is 9. The van der Waals surface area contributed by atoms with E-state index in [1.54, 1.807) is 12.0 Å². The van der Waals surface area contributed by atoms with Gasteiger partial charge in [0.15, 0.2) is 11.5 Å². The number of hydrogen-bond acceptors (Lipinski definition) is 6. The quantitative estimate of drug-likeness (QED) is 0.249. The Morgan fingerprint density at radius 1 is 1.00 bits per heavy atom. The minimum Gasteiger partial charge on any atom is -0.493 e. The zero-order valence-electron chi connectivity index (χ0n) is 28.6. The number of anilines is 1. The fourth-order valence-corrected chi connectivity index (χ4v) is 6.43. The molecule has 3 atom stereocenters. The van der Waals surface area contributed by atoms with Crippen LogP contribution in [0.4, 0.5) is 10.5 Å². The van der Waals surface area contributed by atoms with Crippen molar-refractivity contribution in [2.45, 2.75) is 97.1 Å². The second kappa shape index (κ2) is 14.6. The van der Waals surface area contributed by atoms with Gasteiger partial charge in [0, 0.05) is 35.9 Å². The predicted molar refractivity (Wildman–Crippen MR) is 187 cm³/mol. The first-order valence-corrected chi connectivity index (χ1v) is 17.0. The van der Waals surface area contributed by atoms with E-state index in [2.05, 4.69) is 31.3 Å². The number of hydrogen-bond donors (Lipinski definition) is 1. The van der Waals surface area contributed by atoms with Crippen LogP contribution in [-0.4, -0.2) is 54.8 Å². The van der Waals surface area contributed by atoms with E-state index in [9.17, 15) is 9.59 Å². The molecule has 0 bridgehead atoms. The lowest BCUT2D eigenvalue weighted by Crippen LogP contribution is -2.46. The summed E-state index contributed by atoms with van der Waals surface area (Å²) in [5.74, 6) is 1.30. The van der Waals surface area contributed by atoms with Gasteiger partial charge in [-0.15, -0.1) is 0 Å². The molecule has 2 aliphatic heterocycles. The number of nitrogens with zero attached hydrogens (tertiary/aromatic N) is 2. The molecule has 0 saturated carbocycles. The molecule has 47 heavy (non-hydrogen) atoms. The Morgan fingerprint density at radius 2 is 1.66 bits per heavy atom. The van der Waals surface area contributed by atoms with E-state index in [0.29, 0.717) is 35.7 Å². The second-order valence-corrected chi connectivity index (χ2v) is 14.1. The van der Waals surface area contributed by atoms with Gasteiger partial charge < -0.3 is 29.3 Å². The Morgan fingerprint density at radius 3 is 2.26 bits per heavy atom. The van der Waals surface area contributed by atoms with Gasteiger partial charge in [0.2, 0.25) is 5.91 Å². The molecular formula is C38H48ClN3O5. The number of amides is 2. The third kappa shape index (κ3) is 8.22. The van der Waals surface area contributed by atoms with Crippen LogP contribution < -0.4 is 19.7 Å². The van der Waals surface area contributed by atoms with Crippen molar-refractivity contribution in [3.63, 3.8) is 0 Å². The molecule has 0 spiro atoms. The zero-order chi connectivity index (χ0) is 33.9. The Labute approximate surface area is 284 Å². The van der Waals surface area contributed by atoms with Crippen molar-refractivity contribution in [3.8, 4) is 11.5 Å². The molecule has 5 rings (SSSR count). The number of benzene rings is 3. The van der Waals surface area contributed by atoms with Crippen molar-refractivity contribution in [1.82, 2.24) is 10.2 Å². The highest BCUT2D eigenvalue weighted by Gasteiger charge is 2.36. The highest BCUT2D eigenvalue weighted by Crippen LogP contribution is 2.44. The summed E-state index contributed by atoms with van der Waals surface area (Å²) in [7, 11) is 1.63. The molecule has 0 radical (unpaired) electrons. The van der Waals surface area contributed by atoms with Crippen LogP contribution in [0.2, 0.25) is 5.02 Å². The number of piperidine rings is 1. The monoisotopic (exact) mass is 661 g/mol. The van der Waals surface area contributed by atoms with Crippen LogP contribution in [0.25, 0.3) is 0 Å². The summed E-state index contributed by atoms with van der Waals surface area (Å²) in [6.07, 6.45) is 2.60. The summed E-state index contributed by atoms with van der Waals surface area (Å²) < 4.78 is 17.5. The molecule has 2 heterocycles. The number of halogens is 1. The van der Waals surface area contributed by atoms with Crippen molar-refractivity contribution >= 4 is 29.3 Å². The van der Waals surface area contributed by atoms with Crippen molar-refractivity contribution < 1.29 is 23.8 Å². The predicted octanol–water partition coefficient (Wildman–Crippen LogP) is 8.25. The number of carbonyl (C=O) groups is 2. The fourth-order valence-electron chi connectivity index (χ4n) is 6.30. The van der Waals surface area contributed by atoms with Crippen LogP contribution >= 0.6 is 11.6 Å². The number of fused-ring (bicyclic) bond motifs is 1. The zero-order valence-corrected chi connectivity index (χ0v) is 29.4. The van der Waals surface area contributed by atoms with Gasteiger partial charge in [-0.05, 0) is 113 Å². The van der Waals surface area contributed by atoms with Gasteiger partial charge in [0.1, 0.15) is 5.60 Å². The summed E-state index contributed by atoms with van der Waals surface area (Å²) in [5.41, 5.74) is 4.34. The lowest BCUT2D eigenvalue weighted by Gasteiger charge is -2.38. The fraction of sp³-hybridized carbons (Fsp3) is 0.474. The number of carbonyl (C=O) groups excluding carboxylic acids is 2. The summed E-state index contributed by atoms with van der Waals surface area (Å²) in [6.45, 7) is 13.3. The van der Waals surface area contributed by atoms with Crippen LogP contribution in [0.5, 0.6) is 11.5 Å². The van der Waals surface area contributed by atoms with Gasteiger partial charge in [-0.3, -0.25) is 4.79 Å². The van der Waals surface area contributed by atoms with Gasteiger partial charge in [-0.25, -0.2) is 4.79 Å². The Kier molecular flexibility index (Phi) is 10.7. The van der Waals surface area contributed by atoms with Gasteiger partial charge >= 0.3 is 6.09 Å². The van der Waals surface area contributed by atoms with Crippen molar-refractivity contribution in [2.24, 2.45) is 0 Å². The summed E-state index contributed by atoms with van der Waals surface area (Å²) in [4.78, 5) is 30.1. The lowest BCUT2D eigenvalue weighted by molar-refractivity contribution is -0.118. The maximum absolute atomic E-state index is 13.9. The van der Waals surface area contributed by atoms with E-state index in [1.807, 2.05) is 81.1 Å². The molecule has 1 N–H and O–H groups in total. The van der Waals surface area contributed by atoms with E-state index in [1.165, 1.54) is 0 Å². The number of methoxy groups -OCH3 is 1. The van der Waals surface area contributed by atoms with E-state index >= 15 is 0 Å². The number of likely N-dealkylation sites (tertiary alicyclic amines) is 1. The standard InChI is InChI=1S/C38H48ClN3O5/c1-8-24(2)46-34-23-32-28(21-33(34)45-7)22-35(43)42(36(32)27-9-13-29(39)14-10-27)31-15-11-26(12-16-31)25(3)40-30-17-19-41(20-18-30)37(44)47-38(4,5)6/h9-16,21,23-25,30,36,40H,8,17-20,22H2,1-7H3. The van der Waals surface area contributed by atoms with E-state index in [4.69, 9.17) is 25.8 Å². The molecule has 1 saturated heterocycles. The van der Waals surface area contributed by atoms with E-state index < -0.39 is 5.60 Å². The third-order valence-corrected chi connectivity index (χ3v) is 9.23. The smallest absolute Gasteiger partial charge is 0.410 e. The average molecular weight is 662 g/mol. The van der Waals surface area contributed by atoms with Crippen molar-refractivity contribution in [3.05, 3.63) is 87.9 Å². The van der Waals surface area contributed by atoms with Crippen LogP contribution in [0.3, 0.4) is 0 Å². The van der Waals surface area contributed by atoms with E-state index in [-0.39, 0.29) is 36.6 Å². The molecule has 3 aromatic rings. The highest BCUT2D eigenvalue weighted by molar-refractivity contribution is 6.30. The lowest BCUT2D eigenvalue weighted by atomic mass is 9.86. The van der Waals surface area contributed by atoms with Crippen LogP contribution in [0, 0.1) is 0 Å². The molecule has 0 aliphatic carbocycles. The van der Waals surface area contributed by atoms with Gasteiger partial charge in [0.25, 0.3) is 0 Å². The first kappa shape index (κ1) is 34.6. The maximum atomic E-state index is 13.9. The van der Waals surface area contributed by atoms with Crippen molar-refractivity contribution in [2.75, 3.05) is 25.1 Å². The number of nitrogens with one attached hydrogen (secondary N) is 1. The third-order valence-electron chi connectivity index (χ3n) is 8.98. The number of ether oxygens (including phenoxy) is 3. The van der Waals surface area contributed by atoms with Gasteiger partial charge in [-0.1, -0.05) is 42.8 Å². The Hall–Kier alpha value is -3.75. The molecule has 2 amide bonds. The Bertz CT molecular complexity index is 1550. The molecule has 3 aromatic carbocycles. The van der Waals surface area contributed by atoms with Crippen LogP contribution in [0.1, 0.15) is 95.1 Å². The van der Waals surface area contributed by atoms with Gasteiger partial charge in [-0.2, -0.15) is 0 Å². The van der Waals surface area contributed by atoms with Crippen molar-refractivity contribution in [1.29, 1.82) is 0 Å². The largest absolute Gasteiger partial charge is 0.493 e. The highest BCUT2D eigenvalue weighted by atomic mass is 35.5. The molecule has 2 aliphatic rings. The molecular weight excluding hydrogens is 614 g/mol. The summed E-state index contributed by atoms with van der Waals surface area (Å²) >= 11 is 6.29. The topological polar surface area (TPSA) is 80.3 Å². The summed E-state index contributed by atoms with van der Waals surface area (Å²) in [6, 6.07) is 19.9. The maximum Gasteiger partial charge on any atom is 0.410 e. The van der Waals surface area contributed by atoms with E-state index in [0.717, 1.165) is 47.2 Å². The Balaban J connectivity index is 1.37. The molecule has 9 heteroatoms. The minimum atomic E-state index is -0.498. The normalized spacial score (nSPS) is 18.4. The average Bonchev–Trinajstić information content (AvgIpc) is 3.04. The summed E-state index contributed by atoms with van der Waals surface area (Å²) in [5, 5.41) is 4.38. The molecule has 0 aromatic heterocycles. The first-order chi connectivity index (χ1) is 22.4.